The summed E-state index contributed by atoms with van der Waals surface area (Å²) < 4.78 is 0. The fourth-order valence-corrected chi connectivity index (χ4v) is 4.16. The maximum Gasteiger partial charge on any atom is 0.147 e. The molecule has 0 fully saturated rings. The molecule has 0 amide bonds. The molecule has 190 valence electrons. The summed E-state index contributed by atoms with van der Waals surface area (Å²) >= 11 is 0. The van der Waals surface area contributed by atoms with Crippen LogP contribution in [0.4, 0.5) is 11.5 Å². The third-order valence-electron chi connectivity index (χ3n) is 7.58. The largest absolute Gasteiger partial charge is 0.396 e. The van der Waals surface area contributed by atoms with Crippen molar-refractivity contribution in [2.45, 2.75) is 68.4 Å². The van der Waals surface area contributed by atoms with Gasteiger partial charge >= 0.3 is 0 Å². The fraction of sp³-hybridized carbons (Fsp3) is 0.452. The lowest BCUT2D eigenvalue weighted by Crippen LogP contribution is -2.42. The van der Waals surface area contributed by atoms with Gasteiger partial charge < -0.3 is 11.5 Å². The molecule has 3 rings (SSSR count). The quantitative estimate of drug-likeness (QED) is 0.331. The summed E-state index contributed by atoms with van der Waals surface area (Å²) in [6, 6.07) is 20.8. The van der Waals surface area contributed by atoms with Gasteiger partial charge in [-0.25, -0.2) is 4.98 Å². The summed E-state index contributed by atoms with van der Waals surface area (Å²) in [6.45, 7) is 21.1. The van der Waals surface area contributed by atoms with Crippen molar-refractivity contribution in [2.75, 3.05) is 24.6 Å². The van der Waals surface area contributed by atoms with E-state index >= 15 is 0 Å². The van der Waals surface area contributed by atoms with Crippen LogP contribution < -0.4 is 11.5 Å². The number of hydrogen-bond acceptors (Lipinski definition) is 4. The van der Waals surface area contributed by atoms with Gasteiger partial charge in [0, 0.05) is 24.2 Å². The molecule has 0 unspecified atom stereocenters. The van der Waals surface area contributed by atoms with Crippen LogP contribution in [0.3, 0.4) is 0 Å². The number of hydrogen-bond donors (Lipinski definition) is 2. The van der Waals surface area contributed by atoms with Crippen molar-refractivity contribution in [3.8, 4) is 22.4 Å². The molecule has 0 bridgehead atoms. The van der Waals surface area contributed by atoms with Crippen molar-refractivity contribution >= 4 is 11.5 Å². The summed E-state index contributed by atoms with van der Waals surface area (Å²) in [4.78, 5) is 7.20. The first kappa shape index (κ1) is 28.4. The van der Waals surface area contributed by atoms with Crippen LogP contribution in [0.25, 0.3) is 22.4 Å². The van der Waals surface area contributed by atoms with Gasteiger partial charge in [-0.15, -0.1) is 0 Å². The molecule has 0 saturated heterocycles. The minimum Gasteiger partial charge on any atom is -0.396 e. The third-order valence-corrected chi connectivity index (χ3v) is 7.58. The van der Waals surface area contributed by atoms with Gasteiger partial charge in [-0.2, -0.15) is 0 Å². The molecule has 4 N–H and O–H groups in total. The number of rotatable bonds is 9. The zero-order valence-corrected chi connectivity index (χ0v) is 23.2. The topological polar surface area (TPSA) is 68.2 Å². The highest BCUT2D eigenvalue weighted by Gasteiger charge is 2.36. The zero-order valence-electron chi connectivity index (χ0n) is 23.2. The molecule has 35 heavy (non-hydrogen) atoms. The maximum atomic E-state index is 6.10. The van der Waals surface area contributed by atoms with Gasteiger partial charge in [-0.3, -0.25) is 4.90 Å². The second kappa shape index (κ2) is 12.2. The lowest BCUT2D eigenvalue weighted by Gasteiger charge is -2.44. The van der Waals surface area contributed by atoms with Crippen LogP contribution in [0.5, 0.6) is 0 Å². The van der Waals surface area contributed by atoms with Crippen molar-refractivity contribution in [2.24, 2.45) is 10.8 Å². The van der Waals surface area contributed by atoms with E-state index in [2.05, 4.69) is 87.8 Å². The predicted octanol–water partition coefficient (Wildman–Crippen LogP) is 7.89. The first-order chi connectivity index (χ1) is 16.6. The minimum absolute atomic E-state index is 0.230. The SMILES string of the molecule is CC.CCN(Cc1ccc(-c2nc(N)c(N)cc2-c2ccccc2)cc1)CC(C)(C)C(C)(C)CC. The van der Waals surface area contributed by atoms with E-state index in [4.69, 9.17) is 11.5 Å². The molecule has 2 aromatic carbocycles. The van der Waals surface area contributed by atoms with Crippen LogP contribution in [0, 0.1) is 10.8 Å². The van der Waals surface area contributed by atoms with E-state index in [1.165, 1.54) is 12.0 Å². The molecule has 0 spiro atoms. The molecule has 0 atom stereocenters. The molecule has 4 nitrogen and oxygen atoms in total. The fourth-order valence-electron chi connectivity index (χ4n) is 4.16. The lowest BCUT2D eigenvalue weighted by molar-refractivity contribution is 0.0518. The Morgan fingerprint density at radius 2 is 1.40 bits per heavy atom. The Hall–Kier alpha value is -2.85. The summed E-state index contributed by atoms with van der Waals surface area (Å²) in [5.74, 6) is 0.367. The smallest absolute Gasteiger partial charge is 0.147 e. The van der Waals surface area contributed by atoms with Crippen LogP contribution in [-0.4, -0.2) is 23.0 Å². The number of nitrogens with two attached hydrogens (primary N) is 2. The van der Waals surface area contributed by atoms with Gasteiger partial charge in [0.05, 0.1) is 11.4 Å². The summed E-state index contributed by atoms with van der Waals surface area (Å²) in [6.07, 6.45) is 1.17. The first-order valence-corrected chi connectivity index (χ1v) is 13.0. The molecular formula is C31H46N4. The van der Waals surface area contributed by atoms with Gasteiger partial charge in [0.25, 0.3) is 0 Å². The Balaban J connectivity index is 0.00000210. The predicted molar refractivity (Wildman–Crippen MR) is 154 cm³/mol. The molecule has 0 aliphatic heterocycles. The summed E-state index contributed by atoms with van der Waals surface area (Å²) in [5.41, 5.74) is 18.5. The summed E-state index contributed by atoms with van der Waals surface area (Å²) in [7, 11) is 0. The van der Waals surface area contributed by atoms with Crippen molar-refractivity contribution in [1.29, 1.82) is 0 Å². The first-order valence-electron chi connectivity index (χ1n) is 13.0. The van der Waals surface area contributed by atoms with Crippen LogP contribution in [0.15, 0.2) is 60.7 Å². The van der Waals surface area contributed by atoms with Gasteiger partial charge in [-0.1, -0.05) is 116 Å². The molecule has 0 saturated carbocycles. The average molecular weight is 475 g/mol. The Morgan fingerprint density at radius 1 is 0.800 bits per heavy atom. The Labute approximate surface area is 213 Å². The van der Waals surface area contributed by atoms with Gasteiger partial charge in [0.15, 0.2) is 0 Å². The molecule has 0 aliphatic carbocycles. The number of aromatic nitrogens is 1. The van der Waals surface area contributed by atoms with Crippen LogP contribution in [0.1, 0.15) is 67.4 Å². The number of pyridine rings is 1. The van der Waals surface area contributed by atoms with Crippen molar-refractivity contribution in [1.82, 2.24) is 9.88 Å². The number of benzene rings is 2. The van der Waals surface area contributed by atoms with E-state index in [0.29, 0.717) is 16.9 Å². The molecule has 4 heteroatoms. The average Bonchev–Trinajstić information content (AvgIpc) is 2.87. The van der Waals surface area contributed by atoms with E-state index in [-0.39, 0.29) is 5.41 Å². The highest BCUT2D eigenvalue weighted by atomic mass is 15.1. The highest BCUT2D eigenvalue weighted by molar-refractivity contribution is 5.85. The van der Waals surface area contributed by atoms with E-state index in [9.17, 15) is 0 Å². The molecule has 1 aromatic heterocycles. The lowest BCUT2D eigenvalue weighted by atomic mass is 9.66. The Kier molecular flexibility index (Phi) is 9.91. The van der Waals surface area contributed by atoms with E-state index < -0.39 is 0 Å². The molecule has 3 aromatic rings. The van der Waals surface area contributed by atoms with Crippen LogP contribution >= 0.6 is 0 Å². The van der Waals surface area contributed by atoms with Gasteiger partial charge in [0.1, 0.15) is 5.82 Å². The number of nitrogen functional groups attached to an aromatic ring is 2. The van der Waals surface area contributed by atoms with Crippen LogP contribution in [-0.2, 0) is 6.54 Å². The maximum absolute atomic E-state index is 6.10. The molecule has 0 radical (unpaired) electrons. The van der Waals surface area contributed by atoms with E-state index in [0.717, 1.165) is 42.0 Å². The molecule has 0 aliphatic rings. The van der Waals surface area contributed by atoms with E-state index in [1.807, 2.05) is 38.1 Å². The zero-order chi connectivity index (χ0) is 26.2. The van der Waals surface area contributed by atoms with Gasteiger partial charge in [0.2, 0.25) is 0 Å². The number of nitrogens with zero attached hydrogens (tertiary/aromatic N) is 2. The van der Waals surface area contributed by atoms with Crippen LogP contribution in [0.2, 0.25) is 0 Å². The van der Waals surface area contributed by atoms with Gasteiger partial charge in [-0.05, 0) is 34.6 Å². The second-order valence-corrected chi connectivity index (χ2v) is 10.3. The second-order valence-electron chi connectivity index (χ2n) is 10.3. The van der Waals surface area contributed by atoms with Crippen molar-refractivity contribution < 1.29 is 0 Å². The van der Waals surface area contributed by atoms with Crippen molar-refractivity contribution in [3.63, 3.8) is 0 Å². The Morgan fingerprint density at radius 3 is 1.94 bits per heavy atom. The summed E-state index contributed by atoms with van der Waals surface area (Å²) in [5, 5.41) is 0. The van der Waals surface area contributed by atoms with E-state index in [1.54, 1.807) is 0 Å². The molecular weight excluding hydrogens is 428 g/mol. The third kappa shape index (κ3) is 6.85. The highest BCUT2D eigenvalue weighted by Crippen LogP contribution is 2.42. The monoisotopic (exact) mass is 474 g/mol. The minimum atomic E-state index is 0.230. The molecule has 1 heterocycles. The van der Waals surface area contributed by atoms with Crippen molar-refractivity contribution in [3.05, 3.63) is 66.2 Å². The Bertz CT molecular complexity index is 1050. The normalized spacial score (nSPS) is 11.8. The standard InChI is InChI=1S/C29H40N4.C2H6/c1-7-28(3,4)29(5,6)20-33(8-2)19-21-14-16-23(17-15-21)26-24(18-25(30)27(31)32-26)22-12-10-9-11-13-22;1-2/h9-18H,7-8,19-20,30H2,1-6H3,(H2,31,32);1-2H3. The number of anilines is 2.